The van der Waals surface area contributed by atoms with Gasteiger partial charge in [-0.15, -0.1) is 0 Å². The Balaban J connectivity index is 2.18. The zero-order valence-corrected chi connectivity index (χ0v) is 12.5. The highest BCUT2D eigenvalue weighted by molar-refractivity contribution is 7.84. The van der Waals surface area contributed by atoms with Gasteiger partial charge in [0.15, 0.2) is 0 Å². The molecule has 3 atom stereocenters. The van der Waals surface area contributed by atoms with E-state index < -0.39 is 10.8 Å². The molecule has 0 bridgehead atoms. The van der Waals surface area contributed by atoms with E-state index in [9.17, 15) is 4.21 Å². The number of rotatable bonds is 7. The Kier molecular flexibility index (Phi) is 7.36. The topological polar surface area (TPSA) is 29.1 Å². The van der Waals surface area contributed by atoms with Gasteiger partial charge in [0.25, 0.3) is 0 Å². The molecule has 0 aromatic carbocycles. The predicted molar refractivity (Wildman–Crippen MR) is 76.8 cm³/mol. The van der Waals surface area contributed by atoms with E-state index in [0.717, 1.165) is 29.9 Å². The molecule has 17 heavy (non-hydrogen) atoms. The highest BCUT2D eigenvalue weighted by Gasteiger charge is 2.21. The molecule has 0 aromatic rings. The normalized spacial score (nSPS) is 27.3. The fourth-order valence-corrected chi connectivity index (χ4v) is 3.51. The van der Waals surface area contributed by atoms with Crippen molar-refractivity contribution >= 4 is 10.8 Å². The maximum absolute atomic E-state index is 11.3. The Morgan fingerprint density at radius 1 is 1.35 bits per heavy atom. The van der Waals surface area contributed by atoms with E-state index in [1.54, 1.807) is 0 Å². The van der Waals surface area contributed by atoms with Gasteiger partial charge in [0.2, 0.25) is 0 Å². The lowest BCUT2D eigenvalue weighted by Gasteiger charge is -2.30. The molecule has 1 saturated carbocycles. The van der Waals surface area contributed by atoms with Crippen molar-refractivity contribution in [1.82, 2.24) is 5.32 Å². The lowest BCUT2D eigenvalue weighted by molar-refractivity contribution is 0.255. The van der Waals surface area contributed by atoms with E-state index in [4.69, 9.17) is 0 Å². The summed E-state index contributed by atoms with van der Waals surface area (Å²) in [4.78, 5) is 0. The van der Waals surface area contributed by atoms with Crippen molar-refractivity contribution in [3.8, 4) is 0 Å². The fourth-order valence-electron chi connectivity index (χ4n) is 2.88. The van der Waals surface area contributed by atoms with Crippen LogP contribution < -0.4 is 5.32 Å². The van der Waals surface area contributed by atoms with Crippen LogP contribution in [0.1, 0.15) is 52.9 Å². The first-order valence-electron chi connectivity index (χ1n) is 7.20. The quantitative estimate of drug-likeness (QED) is 0.761. The van der Waals surface area contributed by atoms with Gasteiger partial charge in [0.1, 0.15) is 0 Å². The Labute approximate surface area is 109 Å². The second-order valence-corrected chi connectivity index (χ2v) is 7.61. The van der Waals surface area contributed by atoms with Crippen LogP contribution in [0.3, 0.4) is 0 Å². The zero-order valence-electron chi connectivity index (χ0n) is 11.7. The maximum Gasteiger partial charge on any atom is 0.0360 e. The van der Waals surface area contributed by atoms with Gasteiger partial charge in [0, 0.05) is 34.9 Å². The molecule has 0 radical (unpaired) electrons. The Morgan fingerprint density at radius 3 is 2.76 bits per heavy atom. The minimum absolute atomic E-state index is 0.612. The van der Waals surface area contributed by atoms with Gasteiger partial charge in [-0.1, -0.05) is 33.6 Å². The summed E-state index contributed by atoms with van der Waals surface area (Å²) in [6.45, 7) is 7.57. The molecular weight excluding hydrogens is 230 g/mol. The SMILES string of the molecule is CCS(=O)CCNC1CCCC(CC(C)C)C1. The van der Waals surface area contributed by atoms with E-state index in [2.05, 4.69) is 19.2 Å². The van der Waals surface area contributed by atoms with E-state index in [1.165, 1.54) is 32.1 Å². The third kappa shape index (κ3) is 6.56. The molecule has 0 aliphatic heterocycles. The van der Waals surface area contributed by atoms with Crippen molar-refractivity contribution < 1.29 is 4.21 Å². The summed E-state index contributed by atoms with van der Waals surface area (Å²) < 4.78 is 11.3. The standard InChI is InChI=1S/C14H29NOS/c1-4-17(16)9-8-15-14-7-5-6-13(11-14)10-12(2)3/h12-15H,4-11H2,1-3H3. The molecule has 3 unspecified atom stereocenters. The summed E-state index contributed by atoms with van der Waals surface area (Å²) in [6.07, 6.45) is 6.80. The number of nitrogens with one attached hydrogen (secondary N) is 1. The predicted octanol–water partition coefficient (Wildman–Crippen LogP) is 2.95. The van der Waals surface area contributed by atoms with Gasteiger partial charge < -0.3 is 5.32 Å². The van der Waals surface area contributed by atoms with E-state index >= 15 is 0 Å². The molecule has 0 spiro atoms. The molecule has 0 amide bonds. The zero-order chi connectivity index (χ0) is 12.7. The van der Waals surface area contributed by atoms with Crippen LogP contribution in [-0.4, -0.2) is 28.3 Å². The van der Waals surface area contributed by atoms with Crippen molar-refractivity contribution in [2.24, 2.45) is 11.8 Å². The first kappa shape index (κ1) is 15.2. The highest BCUT2D eigenvalue weighted by Crippen LogP contribution is 2.29. The minimum atomic E-state index is -0.612. The summed E-state index contributed by atoms with van der Waals surface area (Å²) in [7, 11) is -0.612. The molecule has 1 aliphatic carbocycles. The van der Waals surface area contributed by atoms with E-state index in [1.807, 2.05) is 6.92 Å². The Hall–Kier alpha value is 0.110. The van der Waals surface area contributed by atoms with Crippen LogP contribution in [0.2, 0.25) is 0 Å². The average molecular weight is 259 g/mol. The summed E-state index contributed by atoms with van der Waals surface area (Å²) in [5.41, 5.74) is 0. The molecular formula is C14H29NOS. The van der Waals surface area contributed by atoms with Crippen LogP contribution in [0.5, 0.6) is 0 Å². The maximum atomic E-state index is 11.3. The van der Waals surface area contributed by atoms with Gasteiger partial charge in [-0.2, -0.15) is 0 Å². The van der Waals surface area contributed by atoms with Crippen molar-refractivity contribution in [2.75, 3.05) is 18.1 Å². The van der Waals surface area contributed by atoms with Gasteiger partial charge in [-0.05, 0) is 31.1 Å². The Bertz CT molecular complexity index is 230. The largest absolute Gasteiger partial charge is 0.313 e. The van der Waals surface area contributed by atoms with Crippen molar-refractivity contribution in [1.29, 1.82) is 0 Å². The first-order valence-corrected chi connectivity index (χ1v) is 8.69. The third-order valence-corrected chi connectivity index (χ3v) is 4.98. The van der Waals surface area contributed by atoms with Crippen LogP contribution in [0, 0.1) is 11.8 Å². The second-order valence-electron chi connectivity index (χ2n) is 5.75. The monoisotopic (exact) mass is 259 g/mol. The summed E-state index contributed by atoms with van der Waals surface area (Å²) in [5.74, 6) is 3.36. The fraction of sp³-hybridized carbons (Fsp3) is 1.00. The van der Waals surface area contributed by atoms with Crippen LogP contribution >= 0.6 is 0 Å². The lowest BCUT2D eigenvalue weighted by Crippen LogP contribution is -2.36. The molecule has 1 rings (SSSR count). The molecule has 1 N–H and O–H groups in total. The van der Waals surface area contributed by atoms with Crippen molar-refractivity contribution in [3.63, 3.8) is 0 Å². The number of hydrogen-bond acceptors (Lipinski definition) is 2. The summed E-state index contributed by atoms with van der Waals surface area (Å²) in [5, 5.41) is 3.60. The van der Waals surface area contributed by atoms with Gasteiger partial charge in [-0.3, -0.25) is 4.21 Å². The molecule has 0 aromatic heterocycles. The van der Waals surface area contributed by atoms with Crippen molar-refractivity contribution in [2.45, 2.75) is 58.9 Å². The number of hydrogen-bond donors (Lipinski definition) is 1. The molecule has 1 aliphatic rings. The molecule has 0 saturated heterocycles. The smallest absolute Gasteiger partial charge is 0.0360 e. The summed E-state index contributed by atoms with van der Waals surface area (Å²) >= 11 is 0. The summed E-state index contributed by atoms with van der Waals surface area (Å²) in [6, 6.07) is 0.682. The van der Waals surface area contributed by atoms with Crippen LogP contribution in [0.15, 0.2) is 0 Å². The molecule has 2 nitrogen and oxygen atoms in total. The highest BCUT2D eigenvalue weighted by atomic mass is 32.2. The van der Waals surface area contributed by atoms with Crippen LogP contribution in [-0.2, 0) is 10.8 Å². The first-order chi connectivity index (χ1) is 8.11. The van der Waals surface area contributed by atoms with Gasteiger partial charge in [0.05, 0.1) is 0 Å². The Morgan fingerprint density at radius 2 is 2.12 bits per heavy atom. The second kappa shape index (κ2) is 8.25. The minimum Gasteiger partial charge on any atom is -0.313 e. The molecule has 1 fully saturated rings. The van der Waals surface area contributed by atoms with E-state index in [0.29, 0.717) is 6.04 Å². The van der Waals surface area contributed by atoms with E-state index in [-0.39, 0.29) is 0 Å². The van der Waals surface area contributed by atoms with Crippen LogP contribution in [0.25, 0.3) is 0 Å². The van der Waals surface area contributed by atoms with Crippen LogP contribution in [0.4, 0.5) is 0 Å². The molecule has 3 heteroatoms. The van der Waals surface area contributed by atoms with Gasteiger partial charge in [-0.25, -0.2) is 0 Å². The third-order valence-electron chi connectivity index (χ3n) is 3.67. The lowest BCUT2D eigenvalue weighted by atomic mass is 9.81. The molecule has 0 heterocycles. The van der Waals surface area contributed by atoms with Crippen molar-refractivity contribution in [3.05, 3.63) is 0 Å². The molecule has 102 valence electrons. The van der Waals surface area contributed by atoms with Gasteiger partial charge >= 0.3 is 0 Å². The average Bonchev–Trinajstić information content (AvgIpc) is 2.28.